The highest BCUT2D eigenvalue weighted by molar-refractivity contribution is 5.29. The van der Waals surface area contributed by atoms with Gasteiger partial charge in [0.1, 0.15) is 0 Å². The topological polar surface area (TPSA) is 0 Å². The van der Waals surface area contributed by atoms with Gasteiger partial charge in [-0.15, -0.1) is 0 Å². The van der Waals surface area contributed by atoms with Crippen LogP contribution in [0.3, 0.4) is 0 Å². The summed E-state index contributed by atoms with van der Waals surface area (Å²) in [4.78, 5) is 0. The van der Waals surface area contributed by atoms with Gasteiger partial charge in [-0.3, -0.25) is 0 Å². The number of halogens is 3. The van der Waals surface area contributed by atoms with Crippen molar-refractivity contribution in [1.82, 2.24) is 0 Å². The van der Waals surface area contributed by atoms with Gasteiger partial charge in [-0.25, -0.2) is 0 Å². The van der Waals surface area contributed by atoms with E-state index in [1.54, 1.807) is 12.1 Å². The predicted molar refractivity (Wildman–Crippen MR) is 73.1 cm³/mol. The number of rotatable bonds is 1. The van der Waals surface area contributed by atoms with Gasteiger partial charge in [-0.05, 0) is 34.4 Å². The molecule has 0 radical (unpaired) electrons. The van der Waals surface area contributed by atoms with Crippen LogP contribution in [-0.2, 0) is 6.18 Å². The van der Waals surface area contributed by atoms with Gasteiger partial charge in [-0.1, -0.05) is 53.7 Å². The second-order valence-electron chi connectivity index (χ2n) is 7.28. The molecule has 0 fully saturated rings. The van der Waals surface area contributed by atoms with E-state index in [1.807, 2.05) is 0 Å². The molecule has 0 saturated carbocycles. The van der Waals surface area contributed by atoms with E-state index in [1.165, 1.54) is 12.1 Å². The predicted octanol–water partition coefficient (Wildman–Crippen LogP) is 5.88. The normalized spacial score (nSPS) is 14.0. The molecule has 1 rings (SSSR count). The summed E-state index contributed by atoms with van der Waals surface area (Å²) in [5, 5.41) is 0. The molecule has 0 amide bonds. The molecule has 0 saturated heterocycles. The number of benzene rings is 1. The number of hydrogen-bond acceptors (Lipinski definition) is 0. The second-order valence-corrected chi connectivity index (χ2v) is 7.28. The van der Waals surface area contributed by atoms with Crippen molar-refractivity contribution in [3.8, 4) is 0 Å². The van der Waals surface area contributed by atoms with Gasteiger partial charge in [0, 0.05) is 0 Å². The Labute approximate surface area is 114 Å². The smallest absolute Gasteiger partial charge is 0.166 e. The zero-order valence-corrected chi connectivity index (χ0v) is 12.5. The first-order valence-corrected chi connectivity index (χ1v) is 6.50. The van der Waals surface area contributed by atoms with Crippen molar-refractivity contribution >= 4 is 0 Å². The van der Waals surface area contributed by atoms with Crippen LogP contribution in [0.5, 0.6) is 0 Å². The maximum absolute atomic E-state index is 12.6. The highest BCUT2D eigenvalue weighted by Gasteiger charge is 2.37. The van der Waals surface area contributed by atoms with Gasteiger partial charge < -0.3 is 0 Å². The average molecular weight is 272 g/mol. The van der Waals surface area contributed by atoms with Crippen LogP contribution in [0.2, 0.25) is 0 Å². The van der Waals surface area contributed by atoms with Crippen LogP contribution >= 0.6 is 0 Å². The number of alkyl halides is 3. The molecule has 19 heavy (non-hydrogen) atoms. The summed E-state index contributed by atoms with van der Waals surface area (Å²) in [5.41, 5.74) is 0.376. The molecule has 0 aliphatic rings. The lowest BCUT2D eigenvalue weighted by molar-refractivity contribution is -0.137. The molecule has 0 aliphatic heterocycles. The molecule has 0 atom stereocenters. The molecule has 0 spiro atoms. The van der Waals surface area contributed by atoms with E-state index in [0.717, 1.165) is 5.56 Å². The molecule has 0 aromatic heterocycles. The lowest BCUT2D eigenvalue weighted by atomic mass is 9.63. The van der Waals surface area contributed by atoms with Crippen molar-refractivity contribution in [1.29, 1.82) is 0 Å². The molecule has 0 nitrogen and oxygen atoms in total. The fourth-order valence-corrected chi connectivity index (χ4v) is 3.16. The Morgan fingerprint density at radius 3 is 1.37 bits per heavy atom. The summed E-state index contributed by atoms with van der Waals surface area (Å²) in [6, 6.07) is 5.59. The monoisotopic (exact) mass is 272 g/mol. The minimum atomic E-state index is -4.27. The first-order chi connectivity index (χ1) is 8.33. The summed E-state index contributed by atoms with van der Waals surface area (Å²) in [6.45, 7) is 12.8. The van der Waals surface area contributed by atoms with Gasteiger partial charge in [0.05, 0.1) is 5.56 Å². The lowest BCUT2D eigenvalue weighted by Gasteiger charge is -2.41. The van der Waals surface area contributed by atoms with Crippen LogP contribution < -0.4 is 0 Å². The van der Waals surface area contributed by atoms with E-state index in [0.29, 0.717) is 0 Å². The Balaban J connectivity index is 3.20. The summed E-state index contributed by atoms with van der Waals surface area (Å²) < 4.78 is 37.8. The Morgan fingerprint density at radius 2 is 1.11 bits per heavy atom. The van der Waals surface area contributed by atoms with Crippen molar-refractivity contribution in [2.45, 2.75) is 53.6 Å². The standard InChI is InChI=1S/C16H23F3/c1-14(2,3)13(15(4,5)6)11-7-9-12(10-8-11)16(17,18)19/h7-10,13H,1-6H3. The molecule has 1 aromatic rings. The quantitative estimate of drug-likeness (QED) is 0.598. The van der Waals surface area contributed by atoms with E-state index in [9.17, 15) is 13.2 Å². The van der Waals surface area contributed by atoms with Crippen LogP contribution in [0.15, 0.2) is 24.3 Å². The minimum absolute atomic E-state index is 0.00198. The SMILES string of the molecule is CC(C)(C)C(c1ccc(C(F)(F)F)cc1)C(C)(C)C. The third-order valence-corrected chi connectivity index (χ3v) is 3.30. The van der Waals surface area contributed by atoms with E-state index >= 15 is 0 Å². The summed E-state index contributed by atoms with van der Waals surface area (Å²) in [5.74, 6) is 0.197. The van der Waals surface area contributed by atoms with Crippen molar-refractivity contribution < 1.29 is 13.2 Å². The molecule has 0 aliphatic carbocycles. The maximum Gasteiger partial charge on any atom is 0.416 e. The summed E-state index contributed by atoms with van der Waals surface area (Å²) >= 11 is 0. The van der Waals surface area contributed by atoms with Gasteiger partial charge in [0.25, 0.3) is 0 Å². The molecular formula is C16H23F3. The van der Waals surface area contributed by atoms with E-state index in [2.05, 4.69) is 41.5 Å². The Hall–Kier alpha value is -0.990. The van der Waals surface area contributed by atoms with E-state index in [-0.39, 0.29) is 16.7 Å². The first kappa shape index (κ1) is 16.1. The van der Waals surface area contributed by atoms with Gasteiger partial charge >= 0.3 is 6.18 Å². The van der Waals surface area contributed by atoms with Crippen LogP contribution in [0.25, 0.3) is 0 Å². The molecule has 0 N–H and O–H groups in total. The third kappa shape index (κ3) is 3.99. The minimum Gasteiger partial charge on any atom is -0.166 e. The third-order valence-electron chi connectivity index (χ3n) is 3.30. The molecule has 0 unspecified atom stereocenters. The highest BCUT2D eigenvalue weighted by atomic mass is 19.4. The Bertz CT molecular complexity index is 399. The first-order valence-electron chi connectivity index (χ1n) is 6.50. The molecule has 1 aromatic carbocycles. The zero-order valence-electron chi connectivity index (χ0n) is 12.5. The van der Waals surface area contributed by atoms with Crippen molar-refractivity contribution in [2.24, 2.45) is 10.8 Å². The Morgan fingerprint density at radius 1 is 0.737 bits per heavy atom. The molecule has 0 heterocycles. The fraction of sp³-hybridized carbons (Fsp3) is 0.625. The lowest BCUT2D eigenvalue weighted by Crippen LogP contribution is -2.30. The van der Waals surface area contributed by atoms with E-state index < -0.39 is 11.7 Å². The summed E-state index contributed by atoms with van der Waals surface area (Å²) in [6.07, 6.45) is -4.27. The van der Waals surface area contributed by atoms with Crippen LogP contribution in [-0.4, -0.2) is 0 Å². The molecule has 0 bridgehead atoms. The van der Waals surface area contributed by atoms with Gasteiger partial charge in [-0.2, -0.15) is 13.2 Å². The maximum atomic E-state index is 12.6. The van der Waals surface area contributed by atoms with Crippen molar-refractivity contribution in [3.63, 3.8) is 0 Å². The van der Waals surface area contributed by atoms with Gasteiger partial charge in [0.15, 0.2) is 0 Å². The zero-order chi connectivity index (χ0) is 15.1. The average Bonchev–Trinajstić information content (AvgIpc) is 2.12. The molecule has 108 valence electrons. The highest BCUT2D eigenvalue weighted by Crippen LogP contribution is 2.47. The number of hydrogen-bond donors (Lipinski definition) is 0. The van der Waals surface area contributed by atoms with Crippen LogP contribution in [0, 0.1) is 10.8 Å². The fourth-order valence-electron chi connectivity index (χ4n) is 3.16. The van der Waals surface area contributed by atoms with Gasteiger partial charge in [0.2, 0.25) is 0 Å². The summed E-state index contributed by atoms with van der Waals surface area (Å²) in [7, 11) is 0. The largest absolute Gasteiger partial charge is 0.416 e. The van der Waals surface area contributed by atoms with Crippen molar-refractivity contribution in [2.75, 3.05) is 0 Å². The second kappa shape index (κ2) is 4.84. The van der Waals surface area contributed by atoms with E-state index in [4.69, 9.17) is 0 Å². The van der Waals surface area contributed by atoms with Crippen LogP contribution in [0.4, 0.5) is 13.2 Å². The molecular weight excluding hydrogens is 249 g/mol. The van der Waals surface area contributed by atoms with Crippen LogP contribution in [0.1, 0.15) is 58.6 Å². The Kier molecular flexibility index (Phi) is 4.09. The van der Waals surface area contributed by atoms with Crippen molar-refractivity contribution in [3.05, 3.63) is 35.4 Å². The molecule has 3 heteroatoms.